The molecule has 0 aliphatic heterocycles. The summed E-state index contributed by atoms with van der Waals surface area (Å²) in [5.74, 6) is 1.67. The number of aromatic nitrogens is 5. The molecule has 0 amide bonds. The van der Waals surface area contributed by atoms with Crippen LogP contribution >= 0.6 is 0 Å². The highest BCUT2D eigenvalue weighted by molar-refractivity contribution is 6.11. The first-order valence-corrected chi connectivity index (χ1v) is 21.2. The number of furan rings is 1. The zero-order chi connectivity index (χ0) is 41.4. The zero-order valence-corrected chi connectivity index (χ0v) is 33.9. The van der Waals surface area contributed by atoms with Crippen molar-refractivity contribution in [1.82, 2.24) is 24.1 Å². The van der Waals surface area contributed by atoms with Crippen molar-refractivity contribution in [2.24, 2.45) is 0 Å². The molecular formula is C57H35N5O. The Morgan fingerprint density at radius 2 is 0.698 bits per heavy atom. The lowest BCUT2D eigenvalue weighted by Crippen LogP contribution is -2.10. The number of benzene rings is 9. The first-order valence-electron chi connectivity index (χ1n) is 21.2. The van der Waals surface area contributed by atoms with Crippen LogP contribution < -0.4 is 0 Å². The lowest BCUT2D eigenvalue weighted by molar-refractivity contribution is 0.669. The summed E-state index contributed by atoms with van der Waals surface area (Å²) in [7, 11) is 0. The molecule has 0 bridgehead atoms. The molecule has 0 spiro atoms. The van der Waals surface area contributed by atoms with E-state index >= 15 is 0 Å². The van der Waals surface area contributed by atoms with Crippen LogP contribution in [0.15, 0.2) is 217 Å². The Kier molecular flexibility index (Phi) is 7.80. The molecule has 0 fully saturated rings. The topological polar surface area (TPSA) is 61.7 Å². The third kappa shape index (κ3) is 5.69. The molecular weight excluding hydrogens is 771 g/mol. The molecule has 0 saturated heterocycles. The summed E-state index contributed by atoms with van der Waals surface area (Å²) < 4.78 is 10.6. The minimum atomic E-state index is 0.543. The van der Waals surface area contributed by atoms with E-state index in [1.165, 1.54) is 0 Å². The maximum atomic E-state index is 6.27. The molecule has 0 N–H and O–H groups in total. The molecule has 0 radical (unpaired) electrons. The number of fused-ring (bicyclic) bond motifs is 9. The van der Waals surface area contributed by atoms with Crippen molar-refractivity contribution < 1.29 is 4.42 Å². The maximum absolute atomic E-state index is 6.27. The summed E-state index contributed by atoms with van der Waals surface area (Å²) in [6, 6.07) is 74.5. The number of para-hydroxylation sites is 4. The molecule has 0 aliphatic carbocycles. The van der Waals surface area contributed by atoms with Gasteiger partial charge in [0, 0.05) is 37.9 Å². The molecule has 4 heterocycles. The molecule has 4 aromatic heterocycles. The largest absolute Gasteiger partial charge is 0.456 e. The lowest BCUT2D eigenvalue weighted by Gasteiger charge is -2.13. The van der Waals surface area contributed by atoms with Gasteiger partial charge in [0.1, 0.15) is 11.2 Å². The molecule has 6 nitrogen and oxygen atoms in total. The Morgan fingerprint density at radius 3 is 1.33 bits per heavy atom. The lowest BCUT2D eigenvalue weighted by atomic mass is 9.97. The van der Waals surface area contributed by atoms with E-state index in [0.717, 1.165) is 104 Å². The van der Waals surface area contributed by atoms with E-state index in [9.17, 15) is 0 Å². The van der Waals surface area contributed by atoms with Gasteiger partial charge in [-0.05, 0) is 88.0 Å². The number of rotatable bonds is 6. The van der Waals surface area contributed by atoms with E-state index in [1.54, 1.807) is 0 Å². The number of nitrogens with zero attached hydrogens (tertiary/aromatic N) is 5. The van der Waals surface area contributed by atoms with Crippen molar-refractivity contribution in [3.8, 4) is 56.7 Å². The fourth-order valence-electron chi connectivity index (χ4n) is 9.44. The van der Waals surface area contributed by atoms with E-state index < -0.39 is 0 Å². The first-order chi connectivity index (χ1) is 31.2. The van der Waals surface area contributed by atoms with Crippen molar-refractivity contribution >= 4 is 65.6 Å². The highest BCUT2D eigenvalue weighted by Gasteiger charge is 2.21. The summed E-state index contributed by atoms with van der Waals surface area (Å²) >= 11 is 0. The van der Waals surface area contributed by atoms with Crippen LogP contribution in [-0.2, 0) is 0 Å². The molecule has 6 heteroatoms. The van der Waals surface area contributed by atoms with Gasteiger partial charge in [0.2, 0.25) is 11.9 Å². The second-order valence-electron chi connectivity index (χ2n) is 16.1. The minimum absolute atomic E-state index is 0.543. The Bertz CT molecular complexity index is 3880. The van der Waals surface area contributed by atoms with E-state index in [0.29, 0.717) is 17.7 Å². The minimum Gasteiger partial charge on any atom is -0.456 e. The Labute approximate surface area is 361 Å². The van der Waals surface area contributed by atoms with Crippen molar-refractivity contribution in [3.63, 3.8) is 0 Å². The van der Waals surface area contributed by atoms with E-state index in [1.807, 2.05) is 12.1 Å². The fraction of sp³-hybridized carbons (Fsp3) is 0. The predicted octanol–water partition coefficient (Wildman–Crippen LogP) is 14.6. The molecule has 0 saturated carbocycles. The standard InChI is InChI=1S/C57H35N5O/c1-2-14-36(15-3-1)40-28-30-46-45-22-6-10-26-51(45)62(52(46)34-40)57-59-55(58-56(60-57)61-49-24-8-4-20-43(49)44-21-5-9-25-50(44)61)42-19-13-18-39(33-42)37-16-12-17-38(32-37)41-29-31-48-47-23-7-11-27-53(47)63-54(48)35-41/h1-35H. The molecule has 0 atom stereocenters. The summed E-state index contributed by atoms with van der Waals surface area (Å²) in [6.07, 6.45) is 0. The average Bonchev–Trinajstić information content (AvgIpc) is 4.01. The van der Waals surface area contributed by atoms with E-state index in [-0.39, 0.29) is 0 Å². The van der Waals surface area contributed by atoms with Crippen LogP contribution in [0.3, 0.4) is 0 Å². The van der Waals surface area contributed by atoms with Gasteiger partial charge in [0.15, 0.2) is 5.82 Å². The van der Waals surface area contributed by atoms with Crippen LogP contribution in [0.1, 0.15) is 0 Å². The van der Waals surface area contributed by atoms with Crippen LogP contribution in [0.4, 0.5) is 0 Å². The van der Waals surface area contributed by atoms with Crippen LogP contribution in [0, 0.1) is 0 Å². The van der Waals surface area contributed by atoms with Gasteiger partial charge in [-0.2, -0.15) is 15.0 Å². The normalized spacial score (nSPS) is 11.8. The second kappa shape index (κ2) is 14.0. The van der Waals surface area contributed by atoms with Crippen LogP contribution in [0.25, 0.3) is 122 Å². The van der Waals surface area contributed by atoms with Crippen LogP contribution in [0.2, 0.25) is 0 Å². The third-order valence-electron chi connectivity index (χ3n) is 12.4. The SMILES string of the molecule is c1ccc(-c2ccc3c4ccccc4n(-c4nc(-c5cccc(-c6cccc(-c7ccc8c(c7)oc7ccccc78)c6)c5)nc(-n5c6ccccc6c6ccccc65)n4)c3c2)cc1. The smallest absolute Gasteiger partial charge is 0.240 e. The van der Waals surface area contributed by atoms with E-state index in [2.05, 4.69) is 209 Å². The van der Waals surface area contributed by atoms with Gasteiger partial charge in [-0.1, -0.05) is 158 Å². The van der Waals surface area contributed by atoms with Gasteiger partial charge in [0.25, 0.3) is 0 Å². The van der Waals surface area contributed by atoms with Gasteiger partial charge in [-0.3, -0.25) is 9.13 Å². The highest BCUT2D eigenvalue weighted by atomic mass is 16.3. The van der Waals surface area contributed by atoms with Gasteiger partial charge >= 0.3 is 0 Å². The Hall–Kier alpha value is -8.61. The quantitative estimate of drug-likeness (QED) is 0.168. The van der Waals surface area contributed by atoms with Crippen molar-refractivity contribution in [3.05, 3.63) is 212 Å². The second-order valence-corrected chi connectivity index (χ2v) is 16.1. The molecule has 294 valence electrons. The van der Waals surface area contributed by atoms with Crippen LogP contribution in [-0.4, -0.2) is 24.1 Å². The van der Waals surface area contributed by atoms with E-state index in [4.69, 9.17) is 19.4 Å². The van der Waals surface area contributed by atoms with Gasteiger partial charge in [0.05, 0.1) is 22.1 Å². The first kappa shape index (κ1) is 35.2. The Morgan fingerprint density at radius 1 is 0.270 bits per heavy atom. The molecule has 63 heavy (non-hydrogen) atoms. The predicted molar refractivity (Wildman–Crippen MR) is 258 cm³/mol. The Balaban J connectivity index is 1.01. The molecule has 0 unspecified atom stereocenters. The maximum Gasteiger partial charge on any atom is 0.240 e. The molecule has 0 aliphatic rings. The summed E-state index contributed by atoms with van der Waals surface area (Å²) in [5.41, 5.74) is 13.4. The van der Waals surface area contributed by atoms with Gasteiger partial charge < -0.3 is 4.42 Å². The van der Waals surface area contributed by atoms with Crippen molar-refractivity contribution in [2.75, 3.05) is 0 Å². The summed E-state index contributed by atoms with van der Waals surface area (Å²) in [5, 5.41) is 6.79. The molecule has 13 rings (SSSR count). The molecule has 13 aromatic rings. The summed E-state index contributed by atoms with van der Waals surface area (Å²) in [6.45, 7) is 0. The fourth-order valence-corrected chi connectivity index (χ4v) is 9.44. The monoisotopic (exact) mass is 805 g/mol. The van der Waals surface area contributed by atoms with Crippen LogP contribution in [0.5, 0.6) is 0 Å². The zero-order valence-electron chi connectivity index (χ0n) is 33.9. The number of hydrogen-bond acceptors (Lipinski definition) is 4. The van der Waals surface area contributed by atoms with Gasteiger partial charge in [-0.15, -0.1) is 0 Å². The number of hydrogen-bond donors (Lipinski definition) is 0. The average molecular weight is 806 g/mol. The molecule has 9 aromatic carbocycles. The summed E-state index contributed by atoms with van der Waals surface area (Å²) in [4.78, 5) is 16.1. The van der Waals surface area contributed by atoms with Crippen molar-refractivity contribution in [1.29, 1.82) is 0 Å². The highest BCUT2D eigenvalue weighted by Crippen LogP contribution is 2.38. The van der Waals surface area contributed by atoms with Gasteiger partial charge in [-0.25, -0.2) is 0 Å². The third-order valence-corrected chi connectivity index (χ3v) is 12.4. The van der Waals surface area contributed by atoms with Crippen molar-refractivity contribution in [2.45, 2.75) is 0 Å².